The zero-order valence-corrected chi connectivity index (χ0v) is 22.6. The topological polar surface area (TPSA) is 85.4 Å². The highest BCUT2D eigenvalue weighted by Crippen LogP contribution is 2.37. The van der Waals surface area contributed by atoms with Gasteiger partial charge >= 0.3 is 5.97 Å². The zero-order chi connectivity index (χ0) is 27.4. The molecule has 1 saturated heterocycles. The number of methoxy groups -OCH3 is 2. The van der Waals surface area contributed by atoms with Crippen LogP contribution in [0.25, 0.3) is 0 Å². The van der Waals surface area contributed by atoms with Crippen molar-refractivity contribution in [3.8, 4) is 11.5 Å². The predicted molar refractivity (Wildman–Crippen MR) is 143 cm³/mol. The molecule has 1 fully saturated rings. The van der Waals surface area contributed by atoms with Gasteiger partial charge in [0.25, 0.3) is 0 Å². The number of carbonyl (C=O) groups is 1. The van der Waals surface area contributed by atoms with E-state index in [9.17, 15) is 17.6 Å². The van der Waals surface area contributed by atoms with Gasteiger partial charge in [0.15, 0.2) is 0 Å². The Morgan fingerprint density at radius 3 is 1.95 bits per heavy atom. The van der Waals surface area contributed by atoms with Crippen molar-refractivity contribution in [1.29, 1.82) is 0 Å². The van der Waals surface area contributed by atoms with Crippen LogP contribution in [0.3, 0.4) is 0 Å². The number of esters is 1. The molecule has 3 aromatic carbocycles. The normalized spacial score (nSPS) is 14.2. The summed E-state index contributed by atoms with van der Waals surface area (Å²) in [6.45, 7) is 2.55. The third-order valence-electron chi connectivity index (χ3n) is 6.46. The number of sulfonamides is 1. The van der Waals surface area contributed by atoms with Crippen LogP contribution >= 0.6 is 0 Å². The Bertz CT molecular complexity index is 1330. The SMILES string of the molecule is CCOC(=O)c1cc(F)cc(N(C2CN(C(c3ccc(OC)cc3)c3ccc(OC)cc3)C2)S(C)(=O)=O)c1. The predicted octanol–water partition coefficient (Wildman–Crippen LogP) is 4.26. The number of halogens is 1. The molecule has 38 heavy (non-hydrogen) atoms. The van der Waals surface area contributed by atoms with Gasteiger partial charge in [-0.25, -0.2) is 17.6 Å². The van der Waals surface area contributed by atoms with E-state index in [4.69, 9.17) is 14.2 Å². The number of benzene rings is 3. The maximum atomic E-state index is 14.5. The summed E-state index contributed by atoms with van der Waals surface area (Å²) in [5.74, 6) is 0.0340. The number of nitrogens with zero attached hydrogens (tertiary/aromatic N) is 2. The molecule has 10 heteroatoms. The maximum Gasteiger partial charge on any atom is 0.338 e. The molecule has 0 unspecified atom stereocenters. The molecular weight excluding hydrogens is 511 g/mol. The Labute approximate surface area is 222 Å². The van der Waals surface area contributed by atoms with Crippen LogP contribution in [0.1, 0.15) is 34.5 Å². The molecule has 0 saturated carbocycles. The summed E-state index contributed by atoms with van der Waals surface area (Å²) < 4.78 is 57.0. The van der Waals surface area contributed by atoms with E-state index in [1.807, 2.05) is 48.5 Å². The molecule has 1 aliphatic rings. The number of hydrogen-bond donors (Lipinski definition) is 0. The van der Waals surface area contributed by atoms with E-state index in [1.54, 1.807) is 21.1 Å². The minimum absolute atomic E-state index is 0.0407. The summed E-state index contributed by atoms with van der Waals surface area (Å²) in [6.07, 6.45) is 1.08. The van der Waals surface area contributed by atoms with Gasteiger partial charge in [0.05, 0.1) is 50.4 Å². The van der Waals surface area contributed by atoms with E-state index in [1.165, 1.54) is 10.4 Å². The summed E-state index contributed by atoms with van der Waals surface area (Å²) >= 11 is 0. The molecule has 0 radical (unpaired) electrons. The molecule has 0 aromatic heterocycles. The van der Waals surface area contributed by atoms with Gasteiger partial charge in [0.1, 0.15) is 17.3 Å². The largest absolute Gasteiger partial charge is 0.497 e. The van der Waals surface area contributed by atoms with Crippen molar-refractivity contribution in [3.05, 3.63) is 89.2 Å². The number of hydrogen-bond acceptors (Lipinski definition) is 7. The molecule has 0 spiro atoms. The van der Waals surface area contributed by atoms with Gasteiger partial charge in [0.2, 0.25) is 10.0 Å². The van der Waals surface area contributed by atoms with Gasteiger partial charge in [-0.05, 0) is 60.5 Å². The van der Waals surface area contributed by atoms with E-state index in [-0.39, 0.29) is 23.9 Å². The molecule has 8 nitrogen and oxygen atoms in total. The van der Waals surface area contributed by atoms with Crippen molar-refractivity contribution in [2.24, 2.45) is 0 Å². The van der Waals surface area contributed by atoms with Crippen LogP contribution < -0.4 is 13.8 Å². The molecule has 0 aliphatic carbocycles. The van der Waals surface area contributed by atoms with Gasteiger partial charge < -0.3 is 14.2 Å². The Morgan fingerprint density at radius 1 is 0.974 bits per heavy atom. The highest BCUT2D eigenvalue weighted by atomic mass is 32.2. The first kappa shape index (κ1) is 27.4. The fraction of sp³-hybridized carbons (Fsp3) is 0.321. The van der Waals surface area contributed by atoms with E-state index in [0.29, 0.717) is 13.1 Å². The molecule has 1 heterocycles. The van der Waals surface area contributed by atoms with Crippen LogP contribution in [0.15, 0.2) is 66.7 Å². The molecule has 0 atom stereocenters. The van der Waals surface area contributed by atoms with E-state index < -0.39 is 27.9 Å². The van der Waals surface area contributed by atoms with Gasteiger partial charge in [-0.2, -0.15) is 0 Å². The van der Waals surface area contributed by atoms with Crippen molar-refractivity contribution >= 4 is 21.7 Å². The third kappa shape index (κ3) is 5.92. The summed E-state index contributed by atoms with van der Waals surface area (Å²) in [5, 5.41) is 0. The standard InChI is InChI=1S/C28H31FN2O6S/c1-5-37-28(32)21-14-22(29)16-23(15-21)31(38(4,33)34)24-17-30(18-24)27(19-6-10-25(35-2)11-7-19)20-8-12-26(36-3)13-9-20/h6-16,24,27H,5,17-18H2,1-4H3. The first-order chi connectivity index (χ1) is 18.1. The number of carbonyl (C=O) groups excluding carboxylic acids is 1. The van der Waals surface area contributed by atoms with Crippen LogP contribution in [0, 0.1) is 5.82 Å². The third-order valence-corrected chi connectivity index (χ3v) is 7.68. The van der Waals surface area contributed by atoms with Crippen LogP contribution in [-0.2, 0) is 14.8 Å². The number of likely N-dealkylation sites (tertiary alicyclic amines) is 1. The summed E-state index contributed by atoms with van der Waals surface area (Å²) in [5.41, 5.74) is 2.07. The van der Waals surface area contributed by atoms with Crippen molar-refractivity contribution in [2.45, 2.75) is 19.0 Å². The number of anilines is 1. The lowest BCUT2D eigenvalue weighted by molar-refractivity contribution is 0.0525. The van der Waals surface area contributed by atoms with Crippen LogP contribution in [0.5, 0.6) is 11.5 Å². The lowest BCUT2D eigenvalue weighted by Gasteiger charge is -2.48. The highest BCUT2D eigenvalue weighted by Gasteiger charge is 2.41. The molecular formula is C28H31FN2O6S. The fourth-order valence-corrected chi connectivity index (χ4v) is 5.90. The smallest absolute Gasteiger partial charge is 0.338 e. The molecule has 3 aromatic rings. The first-order valence-electron chi connectivity index (χ1n) is 12.1. The Hall–Kier alpha value is -3.63. The second-order valence-corrected chi connectivity index (χ2v) is 10.9. The van der Waals surface area contributed by atoms with Gasteiger partial charge in [-0.3, -0.25) is 9.21 Å². The second kappa shape index (κ2) is 11.4. The van der Waals surface area contributed by atoms with Crippen LogP contribution in [0.2, 0.25) is 0 Å². The summed E-state index contributed by atoms with van der Waals surface area (Å²) in [7, 11) is -0.578. The molecule has 1 aliphatic heterocycles. The quantitative estimate of drug-likeness (QED) is 0.354. The number of ether oxygens (including phenoxy) is 3. The summed E-state index contributed by atoms with van der Waals surface area (Å²) in [6, 6.07) is 18.4. The molecule has 202 valence electrons. The Kier molecular flexibility index (Phi) is 8.23. The molecule has 4 rings (SSSR count). The van der Waals surface area contributed by atoms with E-state index >= 15 is 0 Å². The van der Waals surface area contributed by atoms with Crippen LogP contribution in [-0.4, -0.2) is 65.5 Å². The Morgan fingerprint density at radius 2 is 1.50 bits per heavy atom. The van der Waals surface area contributed by atoms with E-state index in [2.05, 4.69) is 4.90 Å². The summed E-state index contributed by atoms with van der Waals surface area (Å²) in [4.78, 5) is 14.4. The zero-order valence-electron chi connectivity index (χ0n) is 21.8. The molecule has 0 N–H and O–H groups in total. The molecule has 0 amide bonds. The maximum absolute atomic E-state index is 14.5. The minimum atomic E-state index is -3.79. The van der Waals surface area contributed by atoms with Gasteiger partial charge in [-0.15, -0.1) is 0 Å². The lowest BCUT2D eigenvalue weighted by Crippen LogP contribution is -2.61. The van der Waals surface area contributed by atoms with Crippen LogP contribution in [0.4, 0.5) is 10.1 Å². The first-order valence-corrected chi connectivity index (χ1v) is 14.0. The monoisotopic (exact) mass is 542 g/mol. The second-order valence-electron chi connectivity index (χ2n) is 9.03. The van der Waals surface area contributed by atoms with Crippen molar-refractivity contribution in [1.82, 2.24) is 4.90 Å². The van der Waals surface area contributed by atoms with E-state index in [0.717, 1.165) is 41.0 Å². The molecule has 0 bridgehead atoms. The van der Waals surface area contributed by atoms with Crippen molar-refractivity contribution in [2.75, 3.05) is 44.5 Å². The highest BCUT2D eigenvalue weighted by molar-refractivity contribution is 7.92. The lowest BCUT2D eigenvalue weighted by atomic mass is 9.92. The van der Waals surface area contributed by atoms with Crippen molar-refractivity contribution in [3.63, 3.8) is 0 Å². The van der Waals surface area contributed by atoms with Gasteiger partial charge in [0, 0.05) is 13.1 Å². The fourth-order valence-electron chi connectivity index (χ4n) is 4.74. The van der Waals surface area contributed by atoms with Crippen molar-refractivity contribution < 1.29 is 31.8 Å². The average molecular weight is 543 g/mol. The average Bonchev–Trinajstić information content (AvgIpc) is 2.87. The Balaban J connectivity index is 1.65. The minimum Gasteiger partial charge on any atom is -0.497 e. The van der Waals surface area contributed by atoms with Gasteiger partial charge in [-0.1, -0.05) is 24.3 Å². The number of rotatable bonds is 10.